The third kappa shape index (κ3) is 5.15. The summed E-state index contributed by atoms with van der Waals surface area (Å²) in [4.78, 5) is 23.8. The molecule has 0 bridgehead atoms. The smallest absolute Gasteiger partial charge is 0.219 e. The molecular weight excluding hydrogens is 453 g/mol. The number of benzene rings is 1. The molecule has 1 saturated heterocycles. The van der Waals surface area contributed by atoms with Gasteiger partial charge in [-0.25, -0.2) is 0 Å². The number of hydrogen-bond donors (Lipinski definition) is 2. The number of hydrogen-bond acceptors (Lipinski definition) is 2. The second-order valence-corrected chi connectivity index (χ2v) is 6.79. The van der Waals surface area contributed by atoms with E-state index in [1.807, 2.05) is 4.90 Å². The zero-order chi connectivity index (χ0) is 18.5. The van der Waals surface area contributed by atoms with E-state index in [0.29, 0.717) is 0 Å². The molecule has 7 heteroatoms. The molecule has 1 fully saturated rings. The van der Waals surface area contributed by atoms with Crippen LogP contribution in [0.3, 0.4) is 0 Å². The van der Waals surface area contributed by atoms with Gasteiger partial charge in [0, 0.05) is 63.3 Å². The third-order valence-electron chi connectivity index (χ3n) is 5.00. The molecule has 0 aliphatic carbocycles. The summed E-state index contributed by atoms with van der Waals surface area (Å²) in [5.41, 5.74) is 3.81. The molecule has 6 nitrogen and oxygen atoms in total. The third-order valence-corrected chi connectivity index (χ3v) is 5.00. The fourth-order valence-corrected chi connectivity index (χ4v) is 3.59. The van der Waals surface area contributed by atoms with Gasteiger partial charge in [-0.05, 0) is 37.5 Å². The van der Waals surface area contributed by atoms with Crippen LogP contribution in [0.5, 0.6) is 0 Å². The van der Waals surface area contributed by atoms with Crippen LogP contribution in [0.15, 0.2) is 29.4 Å². The van der Waals surface area contributed by atoms with Crippen LogP contribution in [-0.2, 0) is 11.2 Å². The van der Waals surface area contributed by atoms with Crippen LogP contribution >= 0.6 is 24.0 Å². The molecule has 0 unspecified atom stereocenters. The Labute approximate surface area is 178 Å². The summed E-state index contributed by atoms with van der Waals surface area (Å²) in [5.74, 6) is 1.11. The van der Waals surface area contributed by atoms with Gasteiger partial charge in [-0.3, -0.25) is 9.79 Å². The second-order valence-electron chi connectivity index (χ2n) is 6.79. The van der Waals surface area contributed by atoms with Crippen molar-refractivity contribution in [2.45, 2.75) is 27.2 Å². The van der Waals surface area contributed by atoms with Gasteiger partial charge in [0.05, 0.1) is 0 Å². The van der Waals surface area contributed by atoms with Crippen molar-refractivity contribution in [3.8, 4) is 0 Å². The zero-order valence-electron chi connectivity index (χ0n) is 16.4. The average molecular weight is 483 g/mol. The Hall–Kier alpha value is -1.77. The predicted molar refractivity (Wildman–Crippen MR) is 122 cm³/mol. The summed E-state index contributed by atoms with van der Waals surface area (Å²) in [6, 6.07) is 6.36. The van der Waals surface area contributed by atoms with Gasteiger partial charge >= 0.3 is 0 Å². The molecule has 1 aliphatic heterocycles. The lowest BCUT2D eigenvalue weighted by Crippen LogP contribution is -2.53. The number of rotatable bonds is 4. The number of carbonyl (C=O) groups excluding carboxylic acids is 1. The standard InChI is InChI=1S/C20H29N5O.HI/c1-4-21-20(25-12-10-24(11-13-25)16(3)26)22-9-8-17-14-23-18-7-5-6-15(2)19(17)18;/h5-7,14,23H,4,8-13H2,1-3H3,(H,21,22);1H. The number of halogens is 1. The normalized spacial score (nSPS) is 15.0. The van der Waals surface area contributed by atoms with E-state index in [9.17, 15) is 4.79 Å². The van der Waals surface area contributed by atoms with Gasteiger partial charge < -0.3 is 20.1 Å². The van der Waals surface area contributed by atoms with Gasteiger partial charge in [0.15, 0.2) is 5.96 Å². The van der Waals surface area contributed by atoms with E-state index >= 15 is 0 Å². The fourth-order valence-electron chi connectivity index (χ4n) is 3.59. The average Bonchev–Trinajstić information content (AvgIpc) is 3.05. The lowest BCUT2D eigenvalue weighted by atomic mass is 10.1. The van der Waals surface area contributed by atoms with Crippen molar-refractivity contribution in [2.75, 3.05) is 39.3 Å². The quantitative estimate of drug-likeness (QED) is 0.400. The van der Waals surface area contributed by atoms with Crippen LogP contribution in [0.4, 0.5) is 0 Å². The monoisotopic (exact) mass is 483 g/mol. The van der Waals surface area contributed by atoms with Crippen LogP contribution in [0.25, 0.3) is 10.9 Å². The molecule has 1 aromatic carbocycles. The van der Waals surface area contributed by atoms with Gasteiger partial charge in [0.25, 0.3) is 0 Å². The molecule has 2 aromatic rings. The summed E-state index contributed by atoms with van der Waals surface area (Å²) < 4.78 is 0. The number of nitrogens with zero attached hydrogens (tertiary/aromatic N) is 3. The molecule has 27 heavy (non-hydrogen) atoms. The Balaban J connectivity index is 0.00000261. The minimum absolute atomic E-state index is 0. The Morgan fingerprint density at radius 1 is 1.22 bits per heavy atom. The molecule has 1 aromatic heterocycles. The maximum Gasteiger partial charge on any atom is 0.219 e. The lowest BCUT2D eigenvalue weighted by molar-refractivity contribution is -0.130. The van der Waals surface area contributed by atoms with Crippen LogP contribution in [-0.4, -0.2) is 65.9 Å². The maximum absolute atomic E-state index is 11.5. The molecule has 148 valence electrons. The van der Waals surface area contributed by atoms with Crippen LogP contribution < -0.4 is 5.32 Å². The molecular formula is C20H30IN5O. The van der Waals surface area contributed by atoms with Gasteiger partial charge in [0.2, 0.25) is 5.91 Å². The number of aromatic amines is 1. The number of guanidine groups is 1. The molecule has 1 aliphatic rings. The number of nitrogens with one attached hydrogen (secondary N) is 2. The van der Waals surface area contributed by atoms with Crippen molar-refractivity contribution in [3.63, 3.8) is 0 Å². The van der Waals surface area contributed by atoms with Crippen molar-refractivity contribution < 1.29 is 4.79 Å². The number of H-pyrrole nitrogens is 1. The van der Waals surface area contributed by atoms with Crippen LogP contribution in [0, 0.1) is 6.92 Å². The maximum atomic E-state index is 11.5. The summed E-state index contributed by atoms with van der Waals surface area (Å²) in [6.07, 6.45) is 3.01. The van der Waals surface area contributed by atoms with Crippen molar-refractivity contribution in [3.05, 3.63) is 35.5 Å². The molecule has 0 spiro atoms. The van der Waals surface area contributed by atoms with Gasteiger partial charge in [0.1, 0.15) is 0 Å². The van der Waals surface area contributed by atoms with Crippen molar-refractivity contribution in [1.29, 1.82) is 0 Å². The number of aliphatic imine (C=N–C) groups is 1. The van der Waals surface area contributed by atoms with Gasteiger partial charge in [-0.2, -0.15) is 0 Å². The number of carbonyl (C=O) groups is 1. The highest BCUT2D eigenvalue weighted by Gasteiger charge is 2.20. The highest BCUT2D eigenvalue weighted by atomic mass is 127. The van der Waals surface area contributed by atoms with Crippen molar-refractivity contribution in [1.82, 2.24) is 20.1 Å². The van der Waals surface area contributed by atoms with E-state index in [4.69, 9.17) is 4.99 Å². The van der Waals surface area contributed by atoms with Crippen molar-refractivity contribution >= 4 is 46.7 Å². The Bertz CT molecular complexity index is 793. The number of fused-ring (bicyclic) bond motifs is 1. The van der Waals surface area contributed by atoms with Crippen LogP contribution in [0.2, 0.25) is 0 Å². The number of amides is 1. The van der Waals surface area contributed by atoms with Gasteiger partial charge in [-0.15, -0.1) is 24.0 Å². The van der Waals surface area contributed by atoms with E-state index in [0.717, 1.165) is 51.6 Å². The van der Waals surface area contributed by atoms with Gasteiger partial charge in [-0.1, -0.05) is 12.1 Å². The summed E-state index contributed by atoms with van der Waals surface area (Å²) >= 11 is 0. The highest BCUT2D eigenvalue weighted by Crippen LogP contribution is 2.22. The highest BCUT2D eigenvalue weighted by molar-refractivity contribution is 14.0. The minimum Gasteiger partial charge on any atom is -0.361 e. The molecule has 3 rings (SSSR count). The van der Waals surface area contributed by atoms with E-state index in [-0.39, 0.29) is 29.9 Å². The molecule has 2 heterocycles. The van der Waals surface area contributed by atoms with Crippen molar-refractivity contribution in [2.24, 2.45) is 4.99 Å². The molecule has 0 saturated carbocycles. The Morgan fingerprint density at radius 3 is 2.59 bits per heavy atom. The summed E-state index contributed by atoms with van der Waals surface area (Å²) in [7, 11) is 0. The zero-order valence-corrected chi connectivity index (χ0v) is 18.7. The van der Waals surface area contributed by atoms with E-state index < -0.39 is 0 Å². The summed E-state index contributed by atoms with van der Waals surface area (Å²) in [5, 5.41) is 4.71. The topological polar surface area (TPSA) is 63.7 Å². The molecule has 2 N–H and O–H groups in total. The minimum atomic E-state index is 0. The largest absolute Gasteiger partial charge is 0.361 e. The molecule has 0 radical (unpaired) electrons. The van der Waals surface area contributed by atoms with Crippen LogP contribution in [0.1, 0.15) is 25.0 Å². The Morgan fingerprint density at radius 2 is 1.93 bits per heavy atom. The van der Waals surface area contributed by atoms with E-state index in [1.165, 1.54) is 22.0 Å². The SMILES string of the molecule is CCNC(=NCCc1c[nH]c2cccc(C)c12)N1CCN(C(C)=O)CC1.I. The molecule has 1 amide bonds. The lowest BCUT2D eigenvalue weighted by Gasteiger charge is -2.36. The molecule has 0 atom stereocenters. The number of piperazine rings is 1. The predicted octanol–water partition coefficient (Wildman–Crippen LogP) is 2.77. The number of aromatic nitrogens is 1. The fraction of sp³-hybridized carbons (Fsp3) is 0.500. The second kappa shape index (κ2) is 9.96. The first-order valence-electron chi connectivity index (χ1n) is 9.44. The Kier molecular flexibility index (Phi) is 7.94. The number of aryl methyl sites for hydroxylation is 1. The first kappa shape index (κ1) is 21.5. The first-order valence-corrected chi connectivity index (χ1v) is 9.44. The van der Waals surface area contributed by atoms with E-state index in [1.54, 1.807) is 6.92 Å². The van der Waals surface area contributed by atoms with E-state index in [2.05, 4.69) is 53.4 Å². The first-order chi connectivity index (χ1) is 12.6. The summed E-state index contributed by atoms with van der Waals surface area (Å²) in [6.45, 7) is 10.7.